The minimum absolute atomic E-state index is 0.0719. The highest BCUT2D eigenvalue weighted by Gasteiger charge is 2.35. The Hall–Kier alpha value is -2.46. The van der Waals surface area contributed by atoms with Crippen molar-refractivity contribution in [2.75, 3.05) is 4.90 Å². The molecule has 0 fully saturated rings. The number of fused-ring (bicyclic) bond motifs is 3. The summed E-state index contributed by atoms with van der Waals surface area (Å²) in [5, 5.41) is 1.54. The zero-order valence-electron chi connectivity index (χ0n) is 10.5. The van der Waals surface area contributed by atoms with Crippen molar-refractivity contribution in [3.63, 3.8) is 0 Å². The first kappa shape index (κ1) is 11.4. The van der Waals surface area contributed by atoms with Crippen LogP contribution >= 0.6 is 12.2 Å². The summed E-state index contributed by atoms with van der Waals surface area (Å²) >= 11 is 5.50. The Bertz CT molecular complexity index is 851. The Morgan fingerprint density at radius 3 is 2.40 bits per heavy atom. The number of hydrogen-bond acceptors (Lipinski definition) is 2. The van der Waals surface area contributed by atoms with Crippen molar-refractivity contribution in [1.29, 1.82) is 0 Å². The van der Waals surface area contributed by atoms with Crippen LogP contribution in [-0.2, 0) is 0 Å². The van der Waals surface area contributed by atoms with E-state index in [1.165, 1.54) is 0 Å². The van der Waals surface area contributed by atoms with E-state index in [-0.39, 0.29) is 5.91 Å². The molecule has 20 heavy (non-hydrogen) atoms. The number of hydrogen-bond donors (Lipinski definition) is 0. The number of amides is 1. The maximum atomic E-state index is 12.6. The molecule has 0 spiro atoms. The van der Waals surface area contributed by atoms with Gasteiger partial charge in [-0.1, -0.05) is 36.4 Å². The van der Waals surface area contributed by atoms with Gasteiger partial charge >= 0.3 is 0 Å². The molecule has 4 heteroatoms. The second kappa shape index (κ2) is 4.02. The molecule has 0 atom stereocenters. The number of carbonyl (C=O) groups is 1. The highest BCUT2D eigenvalue weighted by molar-refractivity contribution is 7.80. The van der Waals surface area contributed by atoms with Crippen molar-refractivity contribution in [3.8, 4) is 0 Å². The van der Waals surface area contributed by atoms with E-state index in [4.69, 9.17) is 12.2 Å². The van der Waals surface area contributed by atoms with Gasteiger partial charge < -0.3 is 0 Å². The summed E-state index contributed by atoms with van der Waals surface area (Å²) < 4.78 is 1.85. The fraction of sp³-hybridized carbons (Fsp3) is 0. The predicted octanol–water partition coefficient (Wildman–Crippen LogP) is 3.43. The lowest BCUT2D eigenvalue weighted by Gasteiger charge is -2.15. The Morgan fingerprint density at radius 2 is 1.60 bits per heavy atom. The van der Waals surface area contributed by atoms with Gasteiger partial charge in [-0.15, -0.1) is 0 Å². The third-order valence-electron chi connectivity index (χ3n) is 3.53. The maximum Gasteiger partial charge on any atom is 0.281 e. The van der Waals surface area contributed by atoms with Crippen LogP contribution < -0.4 is 4.90 Å². The van der Waals surface area contributed by atoms with Gasteiger partial charge in [0.1, 0.15) is 5.69 Å². The van der Waals surface area contributed by atoms with Gasteiger partial charge in [0.2, 0.25) is 0 Å². The molecule has 3 aromatic rings. The van der Waals surface area contributed by atoms with E-state index in [0.29, 0.717) is 10.8 Å². The first-order valence-corrected chi connectivity index (χ1v) is 6.72. The normalized spacial score (nSPS) is 14.1. The highest BCUT2D eigenvalue weighted by atomic mass is 32.1. The SMILES string of the molecule is O=C1c2cc3ccccc3n2C(=S)N1c1ccccc1. The van der Waals surface area contributed by atoms with Crippen molar-refractivity contribution < 1.29 is 4.79 Å². The lowest BCUT2D eigenvalue weighted by Crippen LogP contribution is -2.30. The van der Waals surface area contributed by atoms with E-state index in [0.717, 1.165) is 16.6 Å². The number of rotatable bonds is 1. The van der Waals surface area contributed by atoms with Gasteiger partial charge in [0.15, 0.2) is 5.11 Å². The summed E-state index contributed by atoms with van der Waals surface area (Å²) in [6.07, 6.45) is 0. The molecule has 3 nitrogen and oxygen atoms in total. The third kappa shape index (κ3) is 1.39. The molecule has 0 saturated heterocycles. The number of benzene rings is 2. The Kier molecular flexibility index (Phi) is 2.28. The van der Waals surface area contributed by atoms with Crippen molar-refractivity contribution in [2.24, 2.45) is 0 Å². The molecule has 4 rings (SSSR count). The number of nitrogens with zero attached hydrogens (tertiary/aromatic N) is 2. The molecule has 0 radical (unpaired) electrons. The molecular formula is C16H10N2OS. The molecule has 0 aliphatic carbocycles. The van der Waals surface area contributed by atoms with E-state index >= 15 is 0 Å². The van der Waals surface area contributed by atoms with Crippen LogP contribution in [0.2, 0.25) is 0 Å². The molecular weight excluding hydrogens is 268 g/mol. The van der Waals surface area contributed by atoms with Crippen molar-refractivity contribution in [2.45, 2.75) is 0 Å². The van der Waals surface area contributed by atoms with Gasteiger partial charge in [0.05, 0.1) is 11.2 Å². The quantitative estimate of drug-likeness (QED) is 0.637. The van der Waals surface area contributed by atoms with Gasteiger partial charge in [-0.3, -0.25) is 14.3 Å². The Labute approximate surface area is 121 Å². The van der Waals surface area contributed by atoms with Crippen LogP contribution in [0.5, 0.6) is 0 Å². The number of para-hydroxylation sites is 2. The molecule has 0 unspecified atom stereocenters. The number of anilines is 1. The van der Waals surface area contributed by atoms with E-state index in [9.17, 15) is 4.79 Å². The summed E-state index contributed by atoms with van der Waals surface area (Å²) in [6, 6.07) is 19.3. The standard InChI is InChI=1S/C16H10N2OS/c19-15-14-10-11-6-4-5-9-13(11)18(14)16(20)17(15)12-7-2-1-3-8-12/h1-10H. The molecule has 1 aliphatic rings. The Balaban J connectivity index is 1.93. The van der Waals surface area contributed by atoms with Crippen LogP contribution in [0.4, 0.5) is 5.69 Å². The minimum atomic E-state index is -0.0719. The fourth-order valence-electron chi connectivity index (χ4n) is 2.62. The lowest BCUT2D eigenvalue weighted by atomic mass is 10.2. The predicted molar refractivity (Wildman–Crippen MR) is 83.2 cm³/mol. The van der Waals surface area contributed by atoms with Crippen LogP contribution in [0.25, 0.3) is 10.9 Å². The largest absolute Gasteiger partial charge is 0.281 e. The smallest absolute Gasteiger partial charge is 0.281 e. The second-order valence-corrected chi connectivity index (χ2v) is 5.05. The zero-order valence-corrected chi connectivity index (χ0v) is 11.3. The first-order valence-electron chi connectivity index (χ1n) is 6.32. The molecule has 1 aliphatic heterocycles. The van der Waals surface area contributed by atoms with E-state index < -0.39 is 0 Å². The minimum Gasteiger partial charge on any atom is -0.281 e. The summed E-state index contributed by atoms with van der Waals surface area (Å²) in [5.41, 5.74) is 2.40. The molecule has 0 N–H and O–H groups in total. The van der Waals surface area contributed by atoms with Crippen LogP contribution in [0.15, 0.2) is 60.7 Å². The fourth-order valence-corrected chi connectivity index (χ4v) is 3.01. The number of aromatic nitrogens is 1. The third-order valence-corrected chi connectivity index (χ3v) is 3.90. The van der Waals surface area contributed by atoms with Gasteiger partial charge in [-0.2, -0.15) is 0 Å². The lowest BCUT2D eigenvalue weighted by molar-refractivity contribution is 0.101. The van der Waals surface area contributed by atoms with Gasteiger partial charge in [-0.05, 0) is 36.5 Å². The first-order chi connectivity index (χ1) is 9.77. The molecule has 2 heterocycles. The van der Waals surface area contributed by atoms with Gasteiger partial charge in [-0.25, -0.2) is 0 Å². The monoisotopic (exact) mass is 278 g/mol. The Morgan fingerprint density at radius 1 is 0.900 bits per heavy atom. The van der Waals surface area contributed by atoms with Gasteiger partial charge in [0.25, 0.3) is 5.91 Å². The maximum absolute atomic E-state index is 12.6. The molecule has 1 aromatic heterocycles. The summed E-state index contributed by atoms with van der Waals surface area (Å²) in [7, 11) is 0. The van der Waals surface area contributed by atoms with E-state index in [1.807, 2.05) is 65.2 Å². The average molecular weight is 278 g/mol. The van der Waals surface area contributed by atoms with Crippen molar-refractivity contribution >= 4 is 39.8 Å². The van der Waals surface area contributed by atoms with Crippen molar-refractivity contribution in [3.05, 3.63) is 66.4 Å². The zero-order chi connectivity index (χ0) is 13.7. The second-order valence-electron chi connectivity index (χ2n) is 4.68. The number of thiocarbonyl (C=S) groups is 1. The topological polar surface area (TPSA) is 25.2 Å². The van der Waals surface area contributed by atoms with Gasteiger partial charge in [0, 0.05) is 5.39 Å². The molecule has 96 valence electrons. The summed E-state index contributed by atoms with van der Waals surface area (Å²) in [4.78, 5) is 14.2. The van der Waals surface area contributed by atoms with Crippen LogP contribution in [0, 0.1) is 0 Å². The van der Waals surface area contributed by atoms with E-state index in [2.05, 4.69) is 0 Å². The summed E-state index contributed by atoms with van der Waals surface area (Å²) in [6.45, 7) is 0. The average Bonchev–Trinajstić information content (AvgIpc) is 2.97. The molecule has 2 aromatic carbocycles. The van der Waals surface area contributed by atoms with Crippen molar-refractivity contribution in [1.82, 2.24) is 4.57 Å². The van der Waals surface area contributed by atoms with E-state index in [1.54, 1.807) is 4.90 Å². The number of carbonyl (C=O) groups excluding carboxylic acids is 1. The molecule has 1 amide bonds. The highest BCUT2D eigenvalue weighted by Crippen LogP contribution is 2.30. The van der Waals surface area contributed by atoms with Crippen LogP contribution in [-0.4, -0.2) is 15.6 Å². The molecule has 0 saturated carbocycles. The van der Waals surface area contributed by atoms with Crippen LogP contribution in [0.1, 0.15) is 10.5 Å². The summed E-state index contributed by atoms with van der Waals surface area (Å²) in [5.74, 6) is -0.0719. The van der Waals surface area contributed by atoms with Crippen LogP contribution in [0.3, 0.4) is 0 Å². The molecule has 0 bridgehead atoms.